The molecule has 0 bridgehead atoms. The number of nitrogens with two attached hydrogens (primary N) is 1. The maximum absolute atomic E-state index is 6.40. The molecule has 3 atom stereocenters. The van der Waals surface area contributed by atoms with Crippen LogP contribution in [0.1, 0.15) is 50.5 Å². The van der Waals surface area contributed by atoms with Gasteiger partial charge in [-0.3, -0.25) is 4.98 Å². The zero-order valence-electron chi connectivity index (χ0n) is 12.3. The Hall–Kier alpha value is -1.41. The normalized spacial score (nSPS) is 26.8. The summed E-state index contributed by atoms with van der Waals surface area (Å²) in [5.41, 5.74) is 8.87. The predicted octanol–water partition coefficient (Wildman–Crippen LogP) is 4.25. The number of pyridine rings is 1. The summed E-state index contributed by atoms with van der Waals surface area (Å²) >= 11 is 0. The van der Waals surface area contributed by atoms with Crippen molar-refractivity contribution >= 4 is 10.9 Å². The molecule has 0 spiro atoms. The highest BCUT2D eigenvalue weighted by molar-refractivity contribution is 5.79. The molecule has 3 rings (SSSR count). The zero-order valence-corrected chi connectivity index (χ0v) is 12.3. The number of hydrogen-bond donors (Lipinski definition) is 1. The Morgan fingerprint density at radius 1 is 1.25 bits per heavy atom. The van der Waals surface area contributed by atoms with Gasteiger partial charge >= 0.3 is 0 Å². The van der Waals surface area contributed by atoms with E-state index in [0.29, 0.717) is 12.0 Å². The van der Waals surface area contributed by atoms with Crippen LogP contribution >= 0.6 is 0 Å². The standard InChI is InChI=1S/C18H24N2/c1-2-4-13-6-8-17(19)16(11-13)14-7-9-18-15(12-14)5-3-10-20-18/h3,5,7,9-10,12-13,16-17H,2,4,6,8,11,19H2,1H3. The summed E-state index contributed by atoms with van der Waals surface area (Å²) in [5, 5.41) is 1.23. The summed E-state index contributed by atoms with van der Waals surface area (Å²) in [6.07, 6.45) is 8.21. The van der Waals surface area contributed by atoms with Gasteiger partial charge in [-0.25, -0.2) is 0 Å². The van der Waals surface area contributed by atoms with Gasteiger partial charge < -0.3 is 5.73 Å². The first-order chi connectivity index (χ1) is 9.78. The smallest absolute Gasteiger partial charge is 0.0702 e. The third-order valence-electron chi connectivity index (χ3n) is 4.76. The van der Waals surface area contributed by atoms with E-state index in [-0.39, 0.29) is 0 Å². The van der Waals surface area contributed by atoms with Crippen molar-refractivity contribution in [2.75, 3.05) is 0 Å². The summed E-state index contributed by atoms with van der Waals surface area (Å²) in [6, 6.07) is 11.1. The fourth-order valence-electron chi connectivity index (χ4n) is 3.66. The van der Waals surface area contributed by atoms with Crippen LogP contribution in [-0.2, 0) is 0 Å². The van der Waals surface area contributed by atoms with Crippen LogP contribution in [0.25, 0.3) is 10.9 Å². The Bertz CT molecular complexity index is 578. The zero-order chi connectivity index (χ0) is 13.9. The average Bonchev–Trinajstić information content (AvgIpc) is 2.49. The van der Waals surface area contributed by atoms with Crippen molar-refractivity contribution < 1.29 is 0 Å². The molecular weight excluding hydrogens is 244 g/mol. The van der Waals surface area contributed by atoms with Crippen molar-refractivity contribution in [1.82, 2.24) is 4.98 Å². The molecule has 2 nitrogen and oxygen atoms in total. The lowest BCUT2D eigenvalue weighted by Gasteiger charge is -2.34. The second-order valence-electron chi connectivity index (χ2n) is 6.19. The largest absolute Gasteiger partial charge is 0.327 e. The van der Waals surface area contributed by atoms with Gasteiger partial charge in [0.25, 0.3) is 0 Å². The van der Waals surface area contributed by atoms with E-state index < -0.39 is 0 Å². The SMILES string of the molecule is CCCC1CCC(N)C(c2ccc3ncccc3c2)C1. The van der Waals surface area contributed by atoms with E-state index in [0.717, 1.165) is 11.4 Å². The van der Waals surface area contributed by atoms with Crippen LogP contribution in [0.2, 0.25) is 0 Å². The summed E-state index contributed by atoms with van der Waals surface area (Å²) < 4.78 is 0. The molecule has 20 heavy (non-hydrogen) atoms. The molecule has 2 N–H and O–H groups in total. The minimum Gasteiger partial charge on any atom is -0.327 e. The minimum atomic E-state index is 0.317. The van der Waals surface area contributed by atoms with Gasteiger partial charge in [0.2, 0.25) is 0 Å². The molecule has 106 valence electrons. The molecule has 0 amide bonds. The Morgan fingerprint density at radius 2 is 2.15 bits per heavy atom. The second kappa shape index (κ2) is 5.92. The molecule has 1 aliphatic carbocycles. The van der Waals surface area contributed by atoms with Crippen LogP contribution in [0.3, 0.4) is 0 Å². The molecule has 1 aromatic carbocycles. The van der Waals surface area contributed by atoms with Gasteiger partial charge in [-0.1, -0.05) is 31.9 Å². The van der Waals surface area contributed by atoms with E-state index in [1.807, 2.05) is 12.3 Å². The van der Waals surface area contributed by atoms with Crippen LogP contribution < -0.4 is 5.73 Å². The second-order valence-corrected chi connectivity index (χ2v) is 6.19. The molecule has 1 heterocycles. The van der Waals surface area contributed by atoms with Gasteiger partial charge in [-0.2, -0.15) is 0 Å². The van der Waals surface area contributed by atoms with Gasteiger partial charge in [0.1, 0.15) is 0 Å². The van der Waals surface area contributed by atoms with E-state index in [1.54, 1.807) is 0 Å². The van der Waals surface area contributed by atoms with Gasteiger partial charge in [0.05, 0.1) is 5.52 Å². The lowest BCUT2D eigenvalue weighted by atomic mass is 9.73. The fraction of sp³-hybridized carbons (Fsp3) is 0.500. The molecule has 3 unspecified atom stereocenters. The number of aromatic nitrogens is 1. The first kappa shape index (κ1) is 13.6. The third kappa shape index (κ3) is 2.71. The quantitative estimate of drug-likeness (QED) is 0.904. The highest BCUT2D eigenvalue weighted by atomic mass is 14.7. The number of nitrogens with zero attached hydrogens (tertiary/aromatic N) is 1. The van der Waals surface area contributed by atoms with Gasteiger partial charge in [-0.15, -0.1) is 0 Å². The van der Waals surface area contributed by atoms with Gasteiger partial charge in [-0.05, 0) is 54.9 Å². The number of benzene rings is 1. The van der Waals surface area contributed by atoms with Gasteiger partial charge in [0.15, 0.2) is 0 Å². The van der Waals surface area contributed by atoms with Crippen molar-refractivity contribution in [1.29, 1.82) is 0 Å². The Labute approximate surface area is 121 Å². The molecule has 0 radical (unpaired) electrons. The predicted molar refractivity (Wildman–Crippen MR) is 84.7 cm³/mol. The van der Waals surface area contributed by atoms with E-state index >= 15 is 0 Å². The highest BCUT2D eigenvalue weighted by Crippen LogP contribution is 2.38. The number of hydrogen-bond acceptors (Lipinski definition) is 2. The van der Waals surface area contributed by atoms with Crippen LogP contribution in [0, 0.1) is 5.92 Å². The molecular formula is C18H24N2. The number of fused-ring (bicyclic) bond motifs is 1. The number of rotatable bonds is 3. The molecule has 1 saturated carbocycles. The highest BCUT2D eigenvalue weighted by Gasteiger charge is 2.28. The Balaban J connectivity index is 1.88. The molecule has 1 aliphatic rings. The lowest BCUT2D eigenvalue weighted by Crippen LogP contribution is -2.34. The lowest BCUT2D eigenvalue weighted by molar-refractivity contribution is 0.274. The van der Waals surface area contributed by atoms with Crippen molar-refractivity contribution in [3.63, 3.8) is 0 Å². The van der Waals surface area contributed by atoms with Gasteiger partial charge in [0, 0.05) is 17.6 Å². The molecule has 2 heteroatoms. The first-order valence-electron chi connectivity index (χ1n) is 7.88. The monoisotopic (exact) mass is 268 g/mol. The van der Waals surface area contributed by atoms with E-state index in [9.17, 15) is 0 Å². The van der Waals surface area contributed by atoms with E-state index in [1.165, 1.54) is 43.1 Å². The summed E-state index contributed by atoms with van der Waals surface area (Å²) in [5.74, 6) is 1.37. The van der Waals surface area contributed by atoms with Crippen molar-refractivity contribution in [3.05, 3.63) is 42.1 Å². The van der Waals surface area contributed by atoms with Crippen LogP contribution in [0.4, 0.5) is 0 Å². The van der Waals surface area contributed by atoms with Crippen molar-refractivity contribution in [3.8, 4) is 0 Å². The van der Waals surface area contributed by atoms with Crippen LogP contribution in [0.5, 0.6) is 0 Å². The summed E-state index contributed by atoms with van der Waals surface area (Å²) in [7, 11) is 0. The Morgan fingerprint density at radius 3 is 3.00 bits per heavy atom. The molecule has 1 fully saturated rings. The van der Waals surface area contributed by atoms with Crippen molar-refractivity contribution in [2.24, 2.45) is 11.7 Å². The van der Waals surface area contributed by atoms with Crippen molar-refractivity contribution in [2.45, 2.75) is 51.0 Å². The Kier molecular flexibility index (Phi) is 4.02. The topological polar surface area (TPSA) is 38.9 Å². The summed E-state index contributed by atoms with van der Waals surface area (Å²) in [6.45, 7) is 2.28. The maximum atomic E-state index is 6.40. The minimum absolute atomic E-state index is 0.317. The molecule has 0 saturated heterocycles. The fourth-order valence-corrected chi connectivity index (χ4v) is 3.66. The van der Waals surface area contributed by atoms with E-state index in [4.69, 9.17) is 5.73 Å². The molecule has 2 aromatic rings. The van der Waals surface area contributed by atoms with Crippen LogP contribution in [-0.4, -0.2) is 11.0 Å². The molecule has 1 aromatic heterocycles. The van der Waals surface area contributed by atoms with Crippen LogP contribution in [0.15, 0.2) is 36.5 Å². The van der Waals surface area contributed by atoms with E-state index in [2.05, 4.69) is 36.2 Å². The molecule has 0 aliphatic heterocycles. The first-order valence-corrected chi connectivity index (χ1v) is 7.88. The third-order valence-corrected chi connectivity index (χ3v) is 4.76. The maximum Gasteiger partial charge on any atom is 0.0702 e. The summed E-state index contributed by atoms with van der Waals surface area (Å²) in [4.78, 5) is 4.40. The average molecular weight is 268 g/mol.